The molecule has 0 amide bonds. The van der Waals surface area contributed by atoms with Crippen molar-refractivity contribution in [3.63, 3.8) is 0 Å². The summed E-state index contributed by atoms with van der Waals surface area (Å²) in [6, 6.07) is 4.79. The van der Waals surface area contributed by atoms with Crippen LogP contribution in [0.15, 0.2) is 18.2 Å². The minimum Gasteiger partial charge on any atom is -0.369 e. The van der Waals surface area contributed by atoms with Gasteiger partial charge in [-0.2, -0.15) is 0 Å². The Morgan fingerprint density at radius 3 is 2.56 bits per heavy atom. The fourth-order valence-corrected chi connectivity index (χ4v) is 1.80. The number of halogens is 1. The fourth-order valence-electron chi connectivity index (χ4n) is 1.80. The third-order valence-corrected chi connectivity index (χ3v) is 2.84. The van der Waals surface area contributed by atoms with Gasteiger partial charge in [-0.05, 0) is 38.5 Å². The van der Waals surface area contributed by atoms with Crippen molar-refractivity contribution in [1.29, 1.82) is 0 Å². The van der Waals surface area contributed by atoms with E-state index in [1.54, 1.807) is 6.07 Å². The van der Waals surface area contributed by atoms with Crippen LogP contribution >= 0.6 is 0 Å². The molecule has 1 atom stereocenters. The van der Waals surface area contributed by atoms with Gasteiger partial charge in [0, 0.05) is 23.8 Å². The average Bonchev–Trinajstić information content (AvgIpc) is 2.29. The van der Waals surface area contributed by atoms with Gasteiger partial charge < -0.3 is 4.90 Å². The number of hydrogen-bond donors (Lipinski definition) is 0. The van der Waals surface area contributed by atoms with Gasteiger partial charge in [0.15, 0.2) is 0 Å². The van der Waals surface area contributed by atoms with Crippen LogP contribution in [0.5, 0.6) is 0 Å². The van der Waals surface area contributed by atoms with Crippen molar-refractivity contribution in [3.05, 3.63) is 29.6 Å². The molecule has 16 heavy (non-hydrogen) atoms. The smallest absolute Gasteiger partial charge is 0.150 e. The van der Waals surface area contributed by atoms with Crippen LogP contribution in [0.2, 0.25) is 0 Å². The molecule has 1 unspecified atom stereocenters. The van der Waals surface area contributed by atoms with Crippen molar-refractivity contribution in [2.75, 3.05) is 11.4 Å². The average molecular weight is 223 g/mol. The normalized spacial score (nSPS) is 12.2. The molecule has 0 saturated carbocycles. The van der Waals surface area contributed by atoms with Crippen molar-refractivity contribution in [3.8, 4) is 0 Å². The monoisotopic (exact) mass is 223 g/mol. The van der Waals surface area contributed by atoms with Gasteiger partial charge in [0.1, 0.15) is 12.1 Å². The van der Waals surface area contributed by atoms with E-state index >= 15 is 0 Å². The lowest BCUT2D eigenvalue weighted by atomic mass is 10.1. The largest absolute Gasteiger partial charge is 0.369 e. The van der Waals surface area contributed by atoms with E-state index in [0.29, 0.717) is 17.9 Å². The number of rotatable bonds is 5. The highest BCUT2D eigenvalue weighted by Gasteiger charge is 2.12. The SMILES string of the molecule is CCC(C)N(CC)c1cc(F)cc(C=O)c1. The van der Waals surface area contributed by atoms with E-state index in [-0.39, 0.29) is 5.82 Å². The zero-order chi connectivity index (χ0) is 12.1. The van der Waals surface area contributed by atoms with Crippen LogP contribution in [-0.4, -0.2) is 18.9 Å². The molecule has 0 radical (unpaired) electrons. The van der Waals surface area contributed by atoms with Gasteiger partial charge in [-0.3, -0.25) is 4.79 Å². The Balaban J connectivity index is 3.09. The van der Waals surface area contributed by atoms with Crippen LogP contribution < -0.4 is 4.90 Å². The number of benzene rings is 1. The van der Waals surface area contributed by atoms with Crippen LogP contribution in [-0.2, 0) is 0 Å². The molecule has 1 aromatic carbocycles. The van der Waals surface area contributed by atoms with E-state index in [4.69, 9.17) is 0 Å². The molecule has 0 aliphatic carbocycles. The molecule has 1 rings (SSSR count). The Hall–Kier alpha value is -1.38. The Morgan fingerprint density at radius 1 is 1.38 bits per heavy atom. The maximum atomic E-state index is 13.3. The van der Waals surface area contributed by atoms with Gasteiger partial charge in [0.2, 0.25) is 0 Å². The van der Waals surface area contributed by atoms with Gasteiger partial charge in [-0.25, -0.2) is 4.39 Å². The molecule has 0 bridgehead atoms. The first-order valence-electron chi connectivity index (χ1n) is 5.64. The molecular weight excluding hydrogens is 205 g/mol. The summed E-state index contributed by atoms with van der Waals surface area (Å²) in [6.45, 7) is 7.01. The minimum atomic E-state index is -0.360. The van der Waals surface area contributed by atoms with Crippen LogP contribution in [0, 0.1) is 5.82 Å². The third-order valence-electron chi connectivity index (χ3n) is 2.84. The van der Waals surface area contributed by atoms with Gasteiger partial charge in [-0.15, -0.1) is 0 Å². The van der Waals surface area contributed by atoms with Crippen molar-refractivity contribution >= 4 is 12.0 Å². The predicted molar refractivity (Wildman–Crippen MR) is 64.6 cm³/mol. The lowest BCUT2D eigenvalue weighted by molar-refractivity contribution is 0.112. The number of hydrogen-bond acceptors (Lipinski definition) is 2. The molecular formula is C13H18FNO. The van der Waals surface area contributed by atoms with Gasteiger partial charge >= 0.3 is 0 Å². The van der Waals surface area contributed by atoms with E-state index in [2.05, 4.69) is 18.7 Å². The van der Waals surface area contributed by atoms with Crippen LogP contribution in [0.3, 0.4) is 0 Å². The highest BCUT2D eigenvalue weighted by Crippen LogP contribution is 2.21. The third kappa shape index (κ3) is 2.81. The molecule has 2 nitrogen and oxygen atoms in total. The minimum absolute atomic E-state index is 0.339. The summed E-state index contributed by atoms with van der Waals surface area (Å²) in [6.07, 6.45) is 1.66. The van der Waals surface area contributed by atoms with E-state index in [1.165, 1.54) is 12.1 Å². The highest BCUT2D eigenvalue weighted by atomic mass is 19.1. The maximum Gasteiger partial charge on any atom is 0.150 e. The summed E-state index contributed by atoms with van der Waals surface area (Å²) in [4.78, 5) is 12.8. The lowest BCUT2D eigenvalue weighted by Crippen LogP contribution is -2.32. The molecule has 0 aliphatic heterocycles. The molecule has 0 fully saturated rings. The van der Waals surface area contributed by atoms with Gasteiger partial charge in [0.25, 0.3) is 0 Å². The van der Waals surface area contributed by atoms with E-state index < -0.39 is 0 Å². The quantitative estimate of drug-likeness (QED) is 0.714. The molecule has 0 heterocycles. The second kappa shape index (κ2) is 5.64. The Labute approximate surface area is 96.1 Å². The number of anilines is 1. The molecule has 0 saturated heterocycles. The Kier molecular flexibility index (Phi) is 4.47. The second-order valence-electron chi connectivity index (χ2n) is 3.90. The summed E-state index contributed by atoms with van der Waals surface area (Å²) in [5, 5.41) is 0. The molecule has 0 aliphatic rings. The number of carbonyl (C=O) groups excluding carboxylic acids is 1. The van der Waals surface area contributed by atoms with Crippen LogP contribution in [0.4, 0.5) is 10.1 Å². The number of nitrogens with zero attached hydrogens (tertiary/aromatic N) is 1. The Morgan fingerprint density at radius 2 is 2.06 bits per heavy atom. The second-order valence-corrected chi connectivity index (χ2v) is 3.90. The highest BCUT2D eigenvalue weighted by molar-refractivity contribution is 5.77. The first-order chi connectivity index (χ1) is 7.62. The topological polar surface area (TPSA) is 20.3 Å². The first kappa shape index (κ1) is 12.7. The van der Waals surface area contributed by atoms with Crippen LogP contribution in [0.25, 0.3) is 0 Å². The standard InChI is InChI=1S/C13H18FNO/c1-4-10(3)15(5-2)13-7-11(9-16)6-12(14)8-13/h6-10H,4-5H2,1-3H3. The van der Waals surface area contributed by atoms with Crippen LogP contribution in [0.1, 0.15) is 37.6 Å². The summed E-state index contributed by atoms with van der Waals surface area (Å²) >= 11 is 0. The zero-order valence-electron chi connectivity index (χ0n) is 10.0. The van der Waals surface area contributed by atoms with E-state index in [0.717, 1.165) is 18.7 Å². The first-order valence-corrected chi connectivity index (χ1v) is 5.64. The van der Waals surface area contributed by atoms with E-state index in [9.17, 15) is 9.18 Å². The summed E-state index contributed by atoms with van der Waals surface area (Å²) in [5.74, 6) is -0.360. The molecule has 3 heteroatoms. The summed E-state index contributed by atoms with van der Waals surface area (Å²) in [5.41, 5.74) is 1.16. The fraction of sp³-hybridized carbons (Fsp3) is 0.462. The zero-order valence-corrected chi connectivity index (χ0v) is 10.0. The number of aldehydes is 1. The molecule has 88 valence electrons. The molecule has 1 aromatic rings. The van der Waals surface area contributed by atoms with Crippen molar-refractivity contribution in [2.45, 2.75) is 33.2 Å². The summed E-state index contributed by atoms with van der Waals surface area (Å²) in [7, 11) is 0. The number of carbonyl (C=O) groups is 1. The molecule has 0 spiro atoms. The molecule has 0 N–H and O–H groups in total. The summed E-state index contributed by atoms with van der Waals surface area (Å²) < 4.78 is 13.3. The predicted octanol–water partition coefficient (Wildman–Crippen LogP) is 3.26. The van der Waals surface area contributed by atoms with Gasteiger partial charge in [-0.1, -0.05) is 6.92 Å². The Bertz CT molecular complexity index is 365. The van der Waals surface area contributed by atoms with Gasteiger partial charge in [0.05, 0.1) is 0 Å². The van der Waals surface area contributed by atoms with E-state index in [1.807, 2.05) is 6.92 Å². The van der Waals surface area contributed by atoms with Crippen molar-refractivity contribution in [2.24, 2.45) is 0 Å². The maximum absolute atomic E-state index is 13.3. The molecule has 0 aromatic heterocycles. The van der Waals surface area contributed by atoms with Crippen molar-refractivity contribution in [1.82, 2.24) is 0 Å². The lowest BCUT2D eigenvalue weighted by Gasteiger charge is -2.29. The van der Waals surface area contributed by atoms with Crippen molar-refractivity contribution < 1.29 is 9.18 Å².